The molecule has 122 valence electrons. The summed E-state index contributed by atoms with van der Waals surface area (Å²) in [6, 6.07) is 5.87. The Morgan fingerprint density at radius 1 is 1.17 bits per heavy atom. The normalized spacial score (nSPS) is 23.2. The summed E-state index contributed by atoms with van der Waals surface area (Å²) in [5.74, 6) is 1.21. The first-order chi connectivity index (χ1) is 11.8. The van der Waals surface area contributed by atoms with Gasteiger partial charge >= 0.3 is 0 Å². The number of carbonyl (C=O) groups excluding carboxylic acids is 1. The molecule has 2 atom stereocenters. The predicted molar refractivity (Wildman–Crippen MR) is 94.6 cm³/mol. The average Bonchev–Trinajstić information content (AvgIpc) is 3.34. The van der Waals surface area contributed by atoms with E-state index in [2.05, 4.69) is 19.5 Å². The Morgan fingerprint density at radius 2 is 2.00 bits per heavy atom. The van der Waals surface area contributed by atoms with Crippen LogP contribution in [0.15, 0.2) is 29.9 Å². The first-order valence-electron chi connectivity index (χ1n) is 7.93. The Labute approximate surface area is 146 Å². The molecule has 3 aromatic rings. The average molecular weight is 357 g/mol. The highest BCUT2D eigenvalue weighted by Crippen LogP contribution is 2.35. The van der Waals surface area contributed by atoms with Gasteiger partial charge in [-0.15, -0.1) is 10.2 Å². The number of fused-ring (bicyclic) bond motifs is 2. The molecule has 4 heterocycles. The molecule has 2 aromatic heterocycles. The Bertz CT molecular complexity index is 879. The highest BCUT2D eigenvalue weighted by Gasteiger charge is 2.42. The van der Waals surface area contributed by atoms with Crippen molar-refractivity contribution in [3.05, 3.63) is 35.5 Å². The van der Waals surface area contributed by atoms with Gasteiger partial charge in [0.1, 0.15) is 5.51 Å². The van der Waals surface area contributed by atoms with Crippen LogP contribution in [0.1, 0.15) is 10.4 Å². The standard InChI is InChI=1S/C16H15N5OS2/c22-15(10-1-2-11-4-18-24-14(11)3-10)20-5-12-7-21(8-13(12)6-20)16-19-17-9-23-16/h1-4,9,12-13H,5-8H2/t12-,13+. The summed E-state index contributed by atoms with van der Waals surface area (Å²) in [4.78, 5) is 17.1. The van der Waals surface area contributed by atoms with Crippen molar-refractivity contribution >= 4 is 44.0 Å². The molecule has 6 nitrogen and oxygen atoms in total. The van der Waals surface area contributed by atoms with E-state index < -0.39 is 0 Å². The molecule has 24 heavy (non-hydrogen) atoms. The minimum atomic E-state index is 0.141. The van der Waals surface area contributed by atoms with Crippen LogP contribution in [-0.4, -0.2) is 51.6 Å². The lowest BCUT2D eigenvalue weighted by Crippen LogP contribution is -2.33. The van der Waals surface area contributed by atoms with Crippen LogP contribution in [-0.2, 0) is 0 Å². The van der Waals surface area contributed by atoms with Crippen molar-refractivity contribution in [3.8, 4) is 0 Å². The minimum Gasteiger partial charge on any atom is -0.346 e. The van der Waals surface area contributed by atoms with Gasteiger partial charge in [-0.1, -0.05) is 17.4 Å². The molecule has 0 N–H and O–H groups in total. The van der Waals surface area contributed by atoms with Crippen LogP contribution in [0.25, 0.3) is 10.1 Å². The second-order valence-corrected chi connectivity index (χ2v) is 8.08. The molecule has 1 aromatic carbocycles. The summed E-state index contributed by atoms with van der Waals surface area (Å²) >= 11 is 3.02. The van der Waals surface area contributed by atoms with Crippen molar-refractivity contribution in [1.82, 2.24) is 19.5 Å². The molecule has 0 bridgehead atoms. The van der Waals surface area contributed by atoms with Crippen molar-refractivity contribution < 1.29 is 4.79 Å². The van der Waals surface area contributed by atoms with Gasteiger partial charge in [0.05, 0.1) is 4.70 Å². The van der Waals surface area contributed by atoms with Gasteiger partial charge in [-0.25, -0.2) is 0 Å². The van der Waals surface area contributed by atoms with Crippen LogP contribution in [0.4, 0.5) is 5.13 Å². The molecule has 0 spiro atoms. The molecule has 2 saturated heterocycles. The van der Waals surface area contributed by atoms with Crippen LogP contribution < -0.4 is 4.90 Å². The third kappa shape index (κ3) is 2.29. The van der Waals surface area contributed by atoms with Gasteiger partial charge in [-0.3, -0.25) is 4.79 Å². The molecule has 0 saturated carbocycles. The minimum absolute atomic E-state index is 0.141. The van der Waals surface area contributed by atoms with Crippen molar-refractivity contribution in [2.75, 3.05) is 31.1 Å². The number of aromatic nitrogens is 3. The largest absolute Gasteiger partial charge is 0.346 e. The zero-order chi connectivity index (χ0) is 16.1. The van der Waals surface area contributed by atoms with E-state index in [1.54, 1.807) is 16.8 Å². The van der Waals surface area contributed by atoms with E-state index in [1.807, 2.05) is 29.3 Å². The van der Waals surface area contributed by atoms with Crippen LogP contribution >= 0.6 is 22.9 Å². The lowest BCUT2D eigenvalue weighted by molar-refractivity contribution is 0.0783. The first-order valence-corrected chi connectivity index (χ1v) is 9.58. The second-order valence-electron chi connectivity index (χ2n) is 6.43. The summed E-state index contributed by atoms with van der Waals surface area (Å²) in [6.45, 7) is 3.61. The topological polar surface area (TPSA) is 62.2 Å². The molecule has 2 aliphatic heterocycles. The van der Waals surface area contributed by atoms with Crippen molar-refractivity contribution in [2.45, 2.75) is 0 Å². The highest BCUT2D eigenvalue weighted by molar-refractivity contribution is 7.13. The first kappa shape index (κ1) is 14.3. The number of carbonyl (C=O) groups is 1. The van der Waals surface area contributed by atoms with Crippen molar-refractivity contribution in [1.29, 1.82) is 0 Å². The third-order valence-corrected chi connectivity index (χ3v) is 6.51. The lowest BCUT2D eigenvalue weighted by atomic mass is 10.0. The van der Waals surface area contributed by atoms with E-state index in [-0.39, 0.29) is 5.91 Å². The molecule has 0 unspecified atom stereocenters. The fourth-order valence-corrected chi connectivity index (χ4v) is 5.06. The van der Waals surface area contributed by atoms with Gasteiger partial charge in [0.25, 0.3) is 5.91 Å². The number of rotatable bonds is 2. The Morgan fingerprint density at radius 3 is 2.75 bits per heavy atom. The molecular formula is C16H15N5OS2. The smallest absolute Gasteiger partial charge is 0.253 e. The number of nitrogens with zero attached hydrogens (tertiary/aromatic N) is 5. The summed E-state index contributed by atoms with van der Waals surface area (Å²) in [5, 5.41) is 10.2. The molecule has 2 aliphatic rings. The van der Waals surface area contributed by atoms with Crippen LogP contribution in [0.2, 0.25) is 0 Å². The van der Waals surface area contributed by atoms with E-state index in [0.717, 1.165) is 47.0 Å². The zero-order valence-corrected chi connectivity index (χ0v) is 14.5. The maximum atomic E-state index is 12.8. The number of benzene rings is 1. The van der Waals surface area contributed by atoms with Crippen LogP contribution in [0, 0.1) is 11.8 Å². The molecule has 1 amide bonds. The van der Waals surface area contributed by atoms with E-state index >= 15 is 0 Å². The molecule has 2 fully saturated rings. The van der Waals surface area contributed by atoms with E-state index in [1.165, 1.54) is 11.5 Å². The Kier molecular flexibility index (Phi) is 3.27. The van der Waals surface area contributed by atoms with Gasteiger partial charge in [-0.05, 0) is 23.7 Å². The van der Waals surface area contributed by atoms with Gasteiger partial charge < -0.3 is 9.80 Å². The van der Waals surface area contributed by atoms with Crippen molar-refractivity contribution in [2.24, 2.45) is 11.8 Å². The Hall–Kier alpha value is -2.06. The van der Waals surface area contributed by atoms with Gasteiger partial charge in [0, 0.05) is 55.2 Å². The van der Waals surface area contributed by atoms with Crippen LogP contribution in [0.5, 0.6) is 0 Å². The van der Waals surface area contributed by atoms with Gasteiger partial charge in [-0.2, -0.15) is 4.37 Å². The summed E-state index contributed by atoms with van der Waals surface area (Å²) in [7, 11) is 0. The van der Waals surface area contributed by atoms with E-state index in [0.29, 0.717) is 11.8 Å². The van der Waals surface area contributed by atoms with Crippen molar-refractivity contribution in [3.63, 3.8) is 0 Å². The molecule has 5 rings (SSSR count). The van der Waals surface area contributed by atoms with Gasteiger partial charge in [0.2, 0.25) is 5.13 Å². The number of amides is 1. The SMILES string of the molecule is O=C(c1ccc2cnsc2c1)N1C[C@@H]2CN(c3nncs3)C[C@@H]2C1. The summed E-state index contributed by atoms with van der Waals surface area (Å²) < 4.78 is 5.25. The third-order valence-electron chi connectivity index (χ3n) is 5.00. The molecular weight excluding hydrogens is 342 g/mol. The lowest BCUT2D eigenvalue weighted by Gasteiger charge is -2.21. The molecule has 0 radical (unpaired) electrons. The quantitative estimate of drug-likeness (QED) is 0.704. The summed E-state index contributed by atoms with van der Waals surface area (Å²) in [6.07, 6.45) is 1.84. The number of hydrogen-bond acceptors (Lipinski definition) is 7. The highest BCUT2D eigenvalue weighted by atomic mass is 32.1. The van der Waals surface area contributed by atoms with Crippen LogP contribution in [0.3, 0.4) is 0 Å². The number of hydrogen-bond donors (Lipinski definition) is 0. The maximum absolute atomic E-state index is 12.8. The molecule has 8 heteroatoms. The fraction of sp³-hybridized carbons (Fsp3) is 0.375. The van der Waals surface area contributed by atoms with E-state index in [9.17, 15) is 4.79 Å². The number of anilines is 1. The van der Waals surface area contributed by atoms with E-state index in [4.69, 9.17) is 0 Å². The summed E-state index contributed by atoms with van der Waals surface area (Å²) in [5.41, 5.74) is 2.54. The number of likely N-dealkylation sites (tertiary alicyclic amines) is 1. The predicted octanol–water partition coefficient (Wildman–Crippen LogP) is 2.36. The Balaban J connectivity index is 1.31. The maximum Gasteiger partial charge on any atom is 0.253 e. The molecule has 0 aliphatic carbocycles. The monoisotopic (exact) mass is 357 g/mol. The van der Waals surface area contributed by atoms with Gasteiger partial charge in [0.15, 0.2) is 0 Å². The second kappa shape index (κ2) is 5.49. The zero-order valence-electron chi connectivity index (χ0n) is 12.8. The fourth-order valence-electron chi connectivity index (χ4n) is 3.80.